The maximum atomic E-state index is 13.0. The minimum Gasteiger partial charge on any atom is -0.458 e. The molecule has 8 heteroatoms. The predicted octanol–water partition coefficient (Wildman–Crippen LogP) is 1.09. The molecule has 0 spiro atoms. The summed E-state index contributed by atoms with van der Waals surface area (Å²) in [6, 6.07) is 3.76. The van der Waals surface area contributed by atoms with Crippen LogP contribution in [0.25, 0.3) is 0 Å². The fourth-order valence-corrected chi connectivity index (χ4v) is 2.46. The van der Waals surface area contributed by atoms with Gasteiger partial charge in [0.2, 0.25) is 5.91 Å². The third-order valence-corrected chi connectivity index (χ3v) is 3.80. The summed E-state index contributed by atoms with van der Waals surface area (Å²) in [4.78, 5) is 36.6. The lowest BCUT2D eigenvalue weighted by Crippen LogP contribution is -2.50. The van der Waals surface area contributed by atoms with Gasteiger partial charge in [0.15, 0.2) is 0 Å². The molecule has 0 unspecified atom stereocenters. The Morgan fingerprint density at radius 1 is 1.18 bits per heavy atom. The maximum Gasteiger partial charge on any atom is 0.329 e. The first-order valence-electron chi connectivity index (χ1n) is 9.21. The van der Waals surface area contributed by atoms with Crippen LogP contribution in [-0.4, -0.2) is 48.9 Å². The van der Waals surface area contributed by atoms with E-state index in [0.29, 0.717) is 5.56 Å². The van der Waals surface area contributed by atoms with Crippen LogP contribution in [0, 0.1) is 5.82 Å². The highest BCUT2D eigenvalue weighted by Crippen LogP contribution is 2.12. The van der Waals surface area contributed by atoms with Gasteiger partial charge >= 0.3 is 5.97 Å². The predicted molar refractivity (Wildman–Crippen MR) is 104 cm³/mol. The first-order chi connectivity index (χ1) is 13.0. The molecule has 0 saturated carbocycles. The van der Waals surface area contributed by atoms with Crippen LogP contribution in [-0.2, 0) is 25.5 Å². The van der Waals surface area contributed by atoms with Gasteiger partial charge in [0.05, 0.1) is 12.6 Å². The second-order valence-corrected chi connectivity index (χ2v) is 7.64. The Morgan fingerprint density at radius 2 is 1.79 bits per heavy atom. The Labute approximate surface area is 165 Å². The summed E-state index contributed by atoms with van der Waals surface area (Å²) < 4.78 is 18.3. The number of benzene rings is 1. The number of likely N-dealkylation sites (N-methyl/N-ethyl adjacent to an activating group) is 1. The molecular weight excluding hydrogens is 365 g/mol. The second-order valence-electron chi connectivity index (χ2n) is 7.64. The van der Waals surface area contributed by atoms with Gasteiger partial charge < -0.3 is 21.1 Å². The van der Waals surface area contributed by atoms with Gasteiger partial charge in [-0.1, -0.05) is 12.1 Å². The number of esters is 1. The van der Waals surface area contributed by atoms with E-state index < -0.39 is 29.6 Å². The van der Waals surface area contributed by atoms with E-state index in [2.05, 4.69) is 10.6 Å². The number of Topliss-reactive ketones (excluding diaryl/α,β-unsaturated/α-hetero) is 1. The maximum absolute atomic E-state index is 13.0. The largest absolute Gasteiger partial charge is 0.458 e. The molecule has 7 nitrogen and oxygen atoms in total. The number of ether oxygens (including phenoxy) is 1. The summed E-state index contributed by atoms with van der Waals surface area (Å²) in [5.41, 5.74) is 5.90. The van der Waals surface area contributed by atoms with Crippen LogP contribution < -0.4 is 16.4 Å². The molecule has 1 rings (SSSR count). The van der Waals surface area contributed by atoms with Crippen LogP contribution in [0.2, 0.25) is 0 Å². The van der Waals surface area contributed by atoms with E-state index in [9.17, 15) is 18.8 Å². The molecule has 156 valence electrons. The zero-order valence-corrected chi connectivity index (χ0v) is 16.9. The number of hydrogen-bond donors (Lipinski definition) is 3. The summed E-state index contributed by atoms with van der Waals surface area (Å²) in [5, 5.41) is 5.33. The quantitative estimate of drug-likeness (QED) is 0.512. The van der Waals surface area contributed by atoms with Crippen molar-refractivity contribution >= 4 is 17.7 Å². The van der Waals surface area contributed by atoms with Crippen molar-refractivity contribution in [2.24, 2.45) is 5.73 Å². The van der Waals surface area contributed by atoms with Gasteiger partial charge in [-0.2, -0.15) is 0 Å². The Bertz CT molecular complexity index is 671. The number of nitrogens with one attached hydrogen (secondary N) is 2. The number of halogens is 1. The monoisotopic (exact) mass is 395 g/mol. The van der Waals surface area contributed by atoms with E-state index in [4.69, 9.17) is 10.5 Å². The molecule has 1 aromatic carbocycles. The molecule has 2 atom stereocenters. The first-order valence-corrected chi connectivity index (χ1v) is 9.21. The molecule has 1 amide bonds. The van der Waals surface area contributed by atoms with Gasteiger partial charge in [-0.25, -0.2) is 9.18 Å². The van der Waals surface area contributed by atoms with Crippen molar-refractivity contribution < 1.29 is 23.5 Å². The molecule has 0 aliphatic carbocycles. The fraction of sp³-hybridized carbons (Fsp3) is 0.550. The number of ketones is 1. The van der Waals surface area contributed by atoms with Crippen molar-refractivity contribution in [1.29, 1.82) is 0 Å². The van der Waals surface area contributed by atoms with Crippen LogP contribution in [0.4, 0.5) is 4.39 Å². The van der Waals surface area contributed by atoms with E-state index in [0.717, 1.165) is 0 Å². The van der Waals surface area contributed by atoms with Crippen LogP contribution in [0.5, 0.6) is 0 Å². The second kappa shape index (κ2) is 10.9. The first kappa shape index (κ1) is 23.7. The topological polar surface area (TPSA) is 111 Å². The van der Waals surface area contributed by atoms with Crippen molar-refractivity contribution in [3.8, 4) is 0 Å². The lowest BCUT2D eigenvalue weighted by molar-refractivity contribution is -0.159. The highest BCUT2D eigenvalue weighted by atomic mass is 19.1. The highest BCUT2D eigenvalue weighted by molar-refractivity contribution is 5.88. The molecular formula is C20H30FN3O4. The average Bonchev–Trinajstić information content (AvgIpc) is 2.59. The fourth-order valence-electron chi connectivity index (χ4n) is 2.46. The van der Waals surface area contributed by atoms with Gasteiger partial charge in [-0.15, -0.1) is 0 Å². The number of amides is 1. The number of nitrogens with two attached hydrogens (primary N) is 1. The summed E-state index contributed by atoms with van der Waals surface area (Å²) >= 11 is 0. The molecule has 0 aromatic heterocycles. The summed E-state index contributed by atoms with van der Waals surface area (Å²) in [7, 11) is 1.65. The van der Waals surface area contributed by atoms with Gasteiger partial charge in [-0.3, -0.25) is 9.59 Å². The molecule has 0 fully saturated rings. The van der Waals surface area contributed by atoms with E-state index in [1.807, 2.05) is 0 Å². The summed E-state index contributed by atoms with van der Waals surface area (Å²) in [6.45, 7) is 5.34. The van der Waals surface area contributed by atoms with Crippen molar-refractivity contribution in [2.75, 3.05) is 13.6 Å². The standard InChI is InChI=1S/C20H30FN3O4/c1-20(2,3)28-19(27)17(10-9-15(25)12-23-4)24-18(26)16(22)11-13-5-7-14(21)8-6-13/h5-8,16-17,23H,9-12,22H2,1-4H3,(H,24,26)/t16-,17-/m0/s1. The Morgan fingerprint density at radius 3 is 2.32 bits per heavy atom. The zero-order valence-electron chi connectivity index (χ0n) is 16.9. The minimum atomic E-state index is -0.980. The van der Waals surface area contributed by atoms with Crippen molar-refractivity contribution in [3.05, 3.63) is 35.6 Å². The summed E-state index contributed by atoms with van der Waals surface area (Å²) in [6.07, 6.45) is 0.411. The molecule has 28 heavy (non-hydrogen) atoms. The Balaban J connectivity index is 2.75. The number of carbonyl (C=O) groups excluding carboxylic acids is 3. The van der Waals surface area contributed by atoms with Crippen molar-refractivity contribution in [2.45, 2.75) is 57.7 Å². The van der Waals surface area contributed by atoms with Crippen molar-refractivity contribution in [1.82, 2.24) is 10.6 Å². The van der Waals surface area contributed by atoms with Crippen LogP contribution in [0.15, 0.2) is 24.3 Å². The van der Waals surface area contributed by atoms with E-state index in [1.165, 1.54) is 12.1 Å². The zero-order chi connectivity index (χ0) is 21.3. The number of rotatable bonds is 10. The molecule has 1 aromatic rings. The van der Waals surface area contributed by atoms with E-state index in [1.54, 1.807) is 40.0 Å². The summed E-state index contributed by atoms with van der Waals surface area (Å²) in [5.74, 6) is -1.62. The smallest absolute Gasteiger partial charge is 0.329 e. The SMILES string of the molecule is CNCC(=O)CC[C@H](NC(=O)[C@@H](N)Cc1ccc(F)cc1)C(=O)OC(C)(C)C. The molecule has 0 bridgehead atoms. The van der Waals surface area contributed by atoms with Gasteiger partial charge in [-0.05, 0) is 58.4 Å². The average molecular weight is 395 g/mol. The van der Waals surface area contributed by atoms with Gasteiger partial charge in [0, 0.05) is 6.42 Å². The highest BCUT2D eigenvalue weighted by Gasteiger charge is 2.28. The molecule has 0 saturated heterocycles. The van der Waals surface area contributed by atoms with Crippen LogP contribution in [0.1, 0.15) is 39.2 Å². The van der Waals surface area contributed by atoms with E-state index in [-0.39, 0.29) is 37.4 Å². The molecule has 0 radical (unpaired) electrons. The van der Waals surface area contributed by atoms with Crippen molar-refractivity contribution in [3.63, 3.8) is 0 Å². The van der Waals surface area contributed by atoms with Crippen LogP contribution in [0.3, 0.4) is 0 Å². The normalized spacial score (nSPS) is 13.5. The molecule has 0 heterocycles. The third kappa shape index (κ3) is 9.05. The number of hydrogen-bond acceptors (Lipinski definition) is 6. The Kier molecular flexibility index (Phi) is 9.21. The molecule has 4 N–H and O–H groups in total. The lowest BCUT2D eigenvalue weighted by atomic mass is 10.0. The number of carbonyl (C=O) groups is 3. The van der Waals surface area contributed by atoms with E-state index >= 15 is 0 Å². The van der Waals surface area contributed by atoms with Gasteiger partial charge in [0.25, 0.3) is 0 Å². The minimum absolute atomic E-state index is 0.0825. The lowest BCUT2D eigenvalue weighted by Gasteiger charge is -2.25. The van der Waals surface area contributed by atoms with Gasteiger partial charge in [0.1, 0.15) is 23.2 Å². The van der Waals surface area contributed by atoms with Crippen LogP contribution >= 0.6 is 0 Å². The third-order valence-electron chi connectivity index (χ3n) is 3.80. The molecule has 0 aliphatic heterocycles. The molecule has 0 aliphatic rings. The Hall–Kier alpha value is -2.32.